The molecule has 0 saturated heterocycles. The standard InChI is InChI=1S/C20H27N3/c1-3-5-9-17-11-7-13-19(15-17)21-23-22-20-14-8-12-18(16-20)10-6-4-2/h7-8,11-16H,3-6,9-10H2,1-2H3,(H,21,22). The van der Waals surface area contributed by atoms with Crippen LogP contribution in [0.5, 0.6) is 0 Å². The molecule has 0 atom stereocenters. The van der Waals surface area contributed by atoms with E-state index in [1.165, 1.54) is 36.8 Å². The topological polar surface area (TPSA) is 36.8 Å². The van der Waals surface area contributed by atoms with E-state index in [4.69, 9.17) is 0 Å². The first-order valence-corrected chi connectivity index (χ1v) is 8.66. The summed E-state index contributed by atoms with van der Waals surface area (Å²) in [6.45, 7) is 4.42. The second kappa shape index (κ2) is 9.78. The number of aryl methyl sites for hydroxylation is 2. The monoisotopic (exact) mass is 309 g/mol. The molecule has 122 valence electrons. The highest BCUT2D eigenvalue weighted by Crippen LogP contribution is 2.17. The third kappa shape index (κ3) is 6.23. The van der Waals surface area contributed by atoms with Crippen molar-refractivity contribution in [3.8, 4) is 0 Å². The highest BCUT2D eigenvalue weighted by molar-refractivity contribution is 5.45. The van der Waals surface area contributed by atoms with E-state index in [1.54, 1.807) is 0 Å². The molecule has 0 aliphatic heterocycles. The summed E-state index contributed by atoms with van der Waals surface area (Å²) >= 11 is 0. The molecule has 0 radical (unpaired) electrons. The predicted molar refractivity (Wildman–Crippen MR) is 98.2 cm³/mol. The van der Waals surface area contributed by atoms with E-state index in [2.05, 4.69) is 59.9 Å². The van der Waals surface area contributed by atoms with Crippen molar-refractivity contribution >= 4 is 11.4 Å². The minimum atomic E-state index is 0.897. The van der Waals surface area contributed by atoms with Gasteiger partial charge in [-0.3, -0.25) is 5.43 Å². The van der Waals surface area contributed by atoms with E-state index in [0.29, 0.717) is 0 Å². The predicted octanol–water partition coefficient (Wildman–Crippen LogP) is 6.48. The van der Waals surface area contributed by atoms with Gasteiger partial charge in [-0.25, -0.2) is 0 Å². The first-order chi connectivity index (χ1) is 11.3. The number of nitrogens with one attached hydrogen (secondary N) is 1. The fraction of sp³-hybridized carbons (Fsp3) is 0.400. The molecule has 0 aliphatic carbocycles. The molecular weight excluding hydrogens is 282 g/mol. The highest BCUT2D eigenvalue weighted by Gasteiger charge is 1.97. The Morgan fingerprint density at radius 2 is 1.48 bits per heavy atom. The van der Waals surface area contributed by atoms with Crippen molar-refractivity contribution in [2.24, 2.45) is 10.3 Å². The van der Waals surface area contributed by atoms with E-state index < -0.39 is 0 Å². The number of benzene rings is 2. The maximum atomic E-state index is 4.28. The van der Waals surface area contributed by atoms with Gasteiger partial charge >= 0.3 is 0 Å². The first-order valence-electron chi connectivity index (χ1n) is 8.66. The Bertz CT molecular complexity index is 620. The zero-order valence-electron chi connectivity index (χ0n) is 14.3. The van der Waals surface area contributed by atoms with Crippen LogP contribution in [0.1, 0.15) is 50.7 Å². The first kappa shape index (κ1) is 17.2. The number of nitrogens with zero attached hydrogens (tertiary/aromatic N) is 2. The van der Waals surface area contributed by atoms with Gasteiger partial charge in [0.05, 0.1) is 11.4 Å². The fourth-order valence-electron chi connectivity index (χ4n) is 2.47. The minimum absolute atomic E-state index is 0.897. The summed E-state index contributed by atoms with van der Waals surface area (Å²) in [7, 11) is 0. The molecule has 0 spiro atoms. The molecule has 1 N–H and O–H groups in total. The number of hydrogen-bond acceptors (Lipinski definition) is 2. The van der Waals surface area contributed by atoms with Crippen molar-refractivity contribution < 1.29 is 0 Å². The number of anilines is 1. The molecule has 2 aromatic carbocycles. The van der Waals surface area contributed by atoms with E-state index in [1.807, 2.05) is 18.2 Å². The Labute approximate surface area is 139 Å². The van der Waals surface area contributed by atoms with Crippen LogP contribution >= 0.6 is 0 Å². The van der Waals surface area contributed by atoms with Crippen molar-refractivity contribution in [3.05, 3.63) is 59.7 Å². The van der Waals surface area contributed by atoms with Gasteiger partial charge in [-0.05, 0) is 61.1 Å². The molecule has 0 bridgehead atoms. The van der Waals surface area contributed by atoms with E-state index in [0.717, 1.165) is 24.2 Å². The average molecular weight is 309 g/mol. The fourth-order valence-corrected chi connectivity index (χ4v) is 2.47. The lowest BCUT2D eigenvalue weighted by Crippen LogP contribution is -1.90. The number of rotatable bonds is 9. The summed E-state index contributed by atoms with van der Waals surface area (Å²) in [6.07, 6.45) is 7.07. The Morgan fingerprint density at radius 3 is 2.17 bits per heavy atom. The lowest BCUT2D eigenvalue weighted by Gasteiger charge is -2.04. The van der Waals surface area contributed by atoms with E-state index >= 15 is 0 Å². The highest BCUT2D eigenvalue weighted by atomic mass is 15.4. The van der Waals surface area contributed by atoms with Crippen LogP contribution in [0.4, 0.5) is 11.4 Å². The molecule has 2 aromatic rings. The summed E-state index contributed by atoms with van der Waals surface area (Å²) in [5.41, 5.74) is 7.58. The second-order valence-corrected chi connectivity index (χ2v) is 5.89. The zero-order chi connectivity index (χ0) is 16.3. The molecule has 0 fully saturated rings. The van der Waals surface area contributed by atoms with Crippen LogP contribution < -0.4 is 5.43 Å². The molecule has 3 heteroatoms. The zero-order valence-corrected chi connectivity index (χ0v) is 14.3. The van der Waals surface area contributed by atoms with Crippen LogP contribution in [0.15, 0.2) is 58.9 Å². The minimum Gasteiger partial charge on any atom is -0.260 e. The average Bonchev–Trinajstić information content (AvgIpc) is 2.59. The third-order valence-corrected chi connectivity index (χ3v) is 3.82. The lowest BCUT2D eigenvalue weighted by molar-refractivity contribution is 0.795. The van der Waals surface area contributed by atoms with Crippen molar-refractivity contribution in [2.45, 2.75) is 52.4 Å². The van der Waals surface area contributed by atoms with Crippen LogP contribution in [0, 0.1) is 0 Å². The van der Waals surface area contributed by atoms with Gasteiger partial charge in [0, 0.05) is 0 Å². The van der Waals surface area contributed by atoms with Gasteiger partial charge in [-0.2, -0.15) is 0 Å². The quantitative estimate of drug-likeness (QED) is 0.417. The summed E-state index contributed by atoms with van der Waals surface area (Å²) < 4.78 is 0. The summed E-state index contributed by atoms with van der Waals surface area (Å²) in [6, 6.07) is 16.7. The second-order valence-electron chi connectivity index (χ2n) is 5.89. The number of hydrogen-bond donors (Lipinski definition) is 1. The molecule has 0 unspecified atom stereocenters. The van der Waals surface area contributed by atoms with Crippen LogP contribution in [-0.2, 0) is 12.8 Å². The van der Waals surface area contributed by atoms with E-state index in [9.17, 15) is 0 Å². The SMILES string of the molecule is CCCCc1cccc(/N=N/Nc2cccc(CCCC)c2)c1. The number of unbranched alkanes of at least 4 members (excludes halogenated alkanes) is 2. The van der Waals surface area contributed by atoms with Crippen molar-refractivity contribution in [1.82, 2.24) is 0 Å². The summed E-state index contributed by atoms with van der Waals surface area (Å²) in [5, 5.41) is 8.41. The Kier molecular flexibility index (Phi) is 7.31. The van der Waals surface area contributed by atoms with Crippen LogP contribution in [0.25, 0.3) is 0 Å². The Balaban J connectivity index is 1.93. The summed E-state index contributed by atoms with van der Waals surface area (Å²) in [4.78, 5) is 0. The van der Waals surface area contributed by atoms with Gasteiger partial charge in [-0.15, -0.1) is 5.11 Å². The summed E-state index contributed by atoms with van der Waals surface area (Å²) in [5.74, 6) is 0. The molecule has 0 aromatic heterocycles. The molecule has 0 aliphatic rings. The molecule has 2 rings (SSSR count). The van der Waals surface area contributed by atoms with Gasteiger partial charge in [0.25, 0.3) is 0 Å². The Morgan fingerprint density at radius 1 is 0.826 bits per heavy atom. The van der Waals surface area contributed by atoms with Crippen LogP contribution in [-0.4, -0.2) is 0 Å². The van der Waals surface area contributed by atoms with E-state index in [-0.39, 0.29) is 0 Å². The maximum absolute atomic E-state index is 4.28. The van der Waals surface area contributed by atoms with Crippen molar-refractivity contribution in [3.63, 3.8) is 0 Å². The van der Waals surface area contributed by atoms with Crippen LogP contribution in [0.3, 0.4) is 0 Å². The molecule has 3 nitrogen and oxygen atoms in total. The Hall–Kier alpha value is -2.16. The molecule has 23 heavy (non-hydrogen) atoms. The molecule has 0 saturated carbocycles. The smallest absolute Gasteiger partial charge is 0.0877 e. The largest absolute Gasteiger partial charge is 0.260 e. The lowest BCUT2D eigenvalue weighted by atomic mass is 10.1. The van der Waals surface area contributed by atoms with Crippen molar-refractivity contribution in [2.75, 3.05) is 5.43 Å². The van der Waals surface area contributed by atoms with Gasteiger partial charge in [0.2, 0.25) is 0 Å². The normalized spacial score (nSPS) is 11.0. The maximum Gasteiger partial charge on any atom is 0.0877 e. The van der Waals surface area contributed by atoms with Gasteiger partial charge < -0.3 is 0 Å². The molecular formula is C20H27N3. The van der Waals surface area contributed by atoms with Gasteiger partial charge in [0.15, 0.2) is 0 Å². The van der Waals surface area contributed by atoms with Gasteiger partial charge in [0.1, 0.15) is 0 Å². The molecule has 0 amide bonds. The van der Waals surface area contributed by atoms with Gasteiger partial charge in [-0.1, -0.05) is 56.2 Å². The molecule has 0 heterocycles. The van der Waals surface area contributed by atoms with Crippen LogP contribution in [0.2, 0.25) is 0 Å². The third-order valence-electron chi connectivity index (χ3n) is 3.82. The van der Waals surface area contributed by atoms with Crippen molar-refractivity contribution in [1.29, 1.82) is 0 Å².